The Labute approximate surface area is 139 Å². The van der Waals surface area contributed by atoms with Crippen molar-refractivity contribution in [3.8, 4) is 0 Å². The lowest BCUT2D eigenvalue weighted by Crippen LogP contribution is -2.64. The Hall–Kier alpha value is -0.840. The highest BCUT2D eigenvalue weighted by atomic mass is 16.9. The molecule has 2 unspecified atom stereocenters. The average Bonchev–Trinajstić information content (AvgIpc) is 2.44. The quantitative estimate of drug-likeness (QED) is 0.539. The fourth-order valence-electron chi connectivity index (χ4n) is 7.67. The molecular weight excluding hydrogens is 292 g/mol. The van der Waals surface area contributed by atoms with Gasteiger partial charge in [0, 0.05) is 0 Å². The van der Waals surface area contributed by atoms with Gasteiger partial charge in [0.05, 0.1) is 0 Å². The van der Waals surface area contributed by atoms with Gasteiger partial charge < -0.3 is 10.6 Å². The molecule has 4 rings (SSSR count). The molecule has 4 aliphatic carbocycles. The van der Waals surface area contributed by atoms with E-state index in [1.807, 2.05) is 0 Å². The predicted molar refractivity (Wildman–Crippen MR) is 89.3 cm³/mol. The van der Waals surface area contributed by atoms with Crippen molar-refractivity contribution in [2.45, 2.75) is 78.1 Å². The zero-order chi connectivity index (χ0) is 16.8. The minimum absolute atomic E-state index is 0.0223. The Morgan fingerprint density at radius 1 is 0.913 bits per heavy atom. The lowest BCUT2D eigenvalue weighted by atomic mass is 9.34. The topological polar surface area (TPSA) is 78.4 Å². The van der Waals surface area contributed by atoms with Crippen molar-refractivity contribution in [1.82, 2.24) is 0 Å². The number of hydrogen-bond acceptors (Lipinski definition) is 4. The molecule has 0 aliphatic heterocycles. The zero-order valence-electron chi connectivity index (χ0n) is 14.7. The van der Waals surface area contributed by atoms with Crippen LogP contribution in [0, 0.1) is 31.8 Å². The Balaban J connectivity index is 1.97. The third-order valence-corrected chi connectivity index (χ3v) is 6.97. The molecule has 0 spiro atoms. The van der Waals surface area contributed by atoms with Crippen molar-refractivity contribution >= 4 is 0 Å². The summed E-state index contributed by atoms with van der Waals surface area (Å²) >= 11 is 0. The van der Waals surface area contributed by atoms with Crippen LogP contribution in [0.1, 0.15) is 78.1 Å². The fraction of sp³-hybridized carbons (Fsp3) is 1.00. The van der Waals surface area contributed by atoms with Gasteiger partial charge in [0.25, 0.3) is 5.09 Å². The molecular formula is C18H32N2O3. The highest BCUT2D eigenvalue weighted by Gasteiger charge is 2.67. The van der Waals surface area contributed by atoms with Gasteiger partial charge in [-0.25, -0.2) is 0 Å². The summed E-state index contributed by atoms with van der Waals surface area (Å²) in [6, 6.07) is 0. The van der Waals surface area contributed by atoms with Crippen LogP contribution in [0.25, 0.3) is 0 Å². The molecule has 23 heavy (non-hydrogen) atoms. The monoisotopic (exact) mass is 324 g/mol. The van der Waals surface area contributed by atoms with Crippen LogP contribution in [0.4, 0.5) is 0 Å². The predicted octanol–water partition coefficient (Wildman–Crippen LogP) is 4.08. The molecule has 2 atom stereocenters. The van der Waals surface area contributed by atoms with E-state index in [9.17, 15) is 10.1 Å². The third kappa shape index (κ3) is 2.86. The summed E-state index contributed by atoms with van der Waals surface area (Å²) in [7, 11) is 0. The molecule has 0 saturated heterocycles. The SMILES string of the molecule is CCCC12CC3(CN)CC(CCC)(C1)CC(CO[N+](=O)[O-])(C3)C2. The molecule has 4 saturated carbocycles. The Bertz CT molecular complexity index is 457. The molecule has 132 valence electrons. The molecule has 5 nitrogen and oxygen atoms in total. The first-order chi connectivity index (χ1) is 10.8. The molecule has 0 aromatic rings. The second kappa shape index (κ2) is 5.61. The number of hydrogen-bond donors (Lipinski definition) is 1. The molecule has 2 N–H and O–H groups in total. The Kier molecular flexibility index (Phi) is 4.14. The zero-order valence-corrected chi connectivity index (χ0v) is 14.7. The summed E-state index contributed by atoms with van der Waals surface area (Å²) in [5.74, 6) is 0. The first kappa shape index (κ1) is 17.0. The van der Waals surface area contributed by atoms with Gasteiger partial charge in [-0.2, -0.15) is 0 Å². The summed E-state index contributed by atoms with van der Waals surface area (Å²) in [6.07, 6.45) is 11.9. The van der Waals surface area contributed by atoms with Crippen LogP contribution in [-0.4, -0.2) is 18.2 Å². The van der Waals surface area contributed by atoms with E-state index in [1.54, 1.807) is 0 Å². The molecule has 0 amide bonds. The Morgan fingerprint density at radius 2 is 1.35 bits per heavy atom. The van der Waals surface area contributed by atoms with Crippen LogP contribution in [0.2, 0.25) is 0 Å². The standard InChI is InChI=1S/C18H32N2O3/c1-3-5-15-7-16(6-4-2)9-17(8-15,13-19)12-18(10-15,11-16)14-23-20(21)22/h3-14,19H2,1-2H3. The summed E-state index contributed by atoms with van der Waals surface area (Å²) in [5, 5.41) is 10.2. The smallest absolute Gasteiger partial charge is 0.294 e. The van der Waals surface area contributed by atoms with E-state index in [4.69, 9.17) is 10.6 Å². The number of rotatable bonds is 8. The van der Waals surface area contributed by atoms with E-state index >= 15 is 0 Å². The van der Waals surface area contributed by atoms with Gasteiger partial charge in [0.1, 0.15) is 6.61 Å². The summed E-state index contributed by atoms with van der Waals surface area (Å²) in [6.45, 7) is 5.53. The van der Waals surface area contributed by atoms with Crippen molar-refractivity contribution in [1.29, 1.82) is 0 Å². The molecule has 0 heterocycles. The maximum absolute atomic E-state index is 10.8. The van der Waals surface area contributed by atoms with Crippen molar-refractivity contribution < 1.29 is 9.92 Å². The van der Waals surface area contributed by atoms with E-state index in [1.165, 1.54) is 44.9 Å². The highest BCUT2D eigenvalue weighted by Crippen LogP contribution is 2.75. The highest BCUT2D eigenvalue weighted by molar-refractivity contribution is 5.17. The normalized spacial score (nSPS) is 44.5. The van der Waals surface area contributed by atoms with Gasteiger partial charge in [-0.05, 0) is 79.6 Å². The number of nitrogens with two attached hydrogens (primary N) is 1. The number of nitrogens with zero attached hydrogens (tertiary/aromatic N) is 1. The maximum Gasteiger partial charge on any atom is 0.294 e. The van der Waals surface area contributed by atoms with Gasteiger partial charge in [-0.15, -0.1) is 10.1 Å². The second-order valence-electron chi connectivity index (χ2n) is 9.26. The fourth-order valence-corrected chi connectivity index (χ4v) is 7.67. The average molecular weight is 324 g/mol. The first-order valence-corrected chi connectivity index (χ1v) is 9.32. The Morgan fingerprint density at radius 3 is 1.78 bits per heavy atom. The third-order valence-electron chi connectivity index (χ3n) is 6.97. The van der Waals surface area contributed by atoms with Gasteiger partial charge in [0.15, 0.2) is 0 Å². The van der Waals surface area contributed by atoms with Crippen molar-refractivity contribution in [3.05, 3.63) is 10.1 Å². The second-order valence-corrected chi connectivity index (χ2v) is 9.26. The largest absolute Gasteiger partial charge is 0.330 e. The van der Waals surface area contributed by atoms with Crippen molar-refractivity contribution in [3.63, 3.8) is 0 Å². The van der Waals surface area contributed by atoms with Crippen LogP contribution in [0.15, 0.2) is 0 Å². The molecule has 4 fully saturated rings. The lowest BCUT2D eigenvalue weighted by Gasteiger charge is -2.71. The van der Waals surface area contributed by atoms with Crippen molar-refractivity contribution in [2.24, 2.45) is 27.4 Å². The molecule has 0 aromatic heterocycles. The van der Waals surface area contributed by atoms with Crippen LogP contribution >= 0.6 is 0 Å². The summed E-state index contributed by atoms with van der Waals surface area (Å²) < 4.78 is 0. The minimum Gasteiger partial charge on any atom is -0.330 e. The van der Waals surface area contributed by atoms with Crippen LogP contribution in [0.3, 0.4) is 0 Å². The van der Waals surface area contributed by atoms with Gasteiger partial charge in [-0.1, -0.05) is 26.7 Å². The molecule has 4 bridgehead atoms. The van der Waals surface area contributed by atoms with Gasteiger partial charge in [-0.3, -0.25) is 0 Å². The summed E-state index contributed by atoms with van der Waals surface area (Å²) in [5.41, 5.74) is 7.14. The van der Waals surface area contributed by atoms with Crippen LogP contribution < -0.4 is 5.73 Å². The van der Waals surface area contributed by atoms with E-state index in [2.05, 4.69) is 13.8 Å². The van der Waals surface area contributed by atoms with E-state index < -0.39 is 5.09 Å². The van der Waals surface area contributed by atoms with Gasteiger partial charge in [0.2, 0.25) is 0 Å². The van der Waals surface area contributed by atoms with E-state index in [0.717, 1.165) is 25.8 Å². The van der Waals surface area contributed by atoms with Crippen LogP contribution in [-0.2, 0) is 4.84 Å². The molecule has 5 heteroatoms. The molecule has 4 aliphatic rings. The first-order valence-electron chi connectivity index (χ1n) is 9.32. The summed E-state index contributed by atoms with van der Waals surface area (Å²) in [4.78, 5) is 15.8. The lowest BCUT2D eigenvalue weighted by molar-refractivity contribution is -0.761. The van der Waals surface area contributed by atoms with E-state index in [-0.39, 0.29) is 17.4 Å². The molecule has 0 aromatic carbocycles. The molecule has 0 radical (unpaired) electrons. The maximum atomic E-state index is 10.8. The minimum atomic E-state index is -0.604. The van der Waals surface area contributed by atoms with Crippen LogP contribution in [0.5, 0.6) is 0 Å². The van der Waals surface area contributed by atoms with Crippen molar-refractivity contribution in [2.75, 3.05) is 13.2 Å². The van der Waals surface area contributed by atoms with E-state index in [0.29, 0.717) is 10.8 Å². The van der Waals surface area contributed by atoms with Gasteiger partial charge >= 0.3 is 0 Å².